The predicted molar refractivity (Wildman–Crippen MR) is 53.2 cm³/mol. The average molecular weight is 174 g/mol. The summed E-state index contributed by atoms with van der Waals surface area (Å²) in [5.74, 6) is 0. The molecule has 1 heteroatoms. The summed E-state index contributed by atoms with van der Waals surface area (Å²) in [6, 6.07) is 0. The lowest BCUT2D eigenvalue weighted by Crippen LogP contribution is -1.81. The molecule has 74 valence electrons. The van der Waals surface area contributed by atoms with Crippen LogP contribution in [0.2, 0.25) is 0 Å². The van der Waals surface area contributed by atoms with E-state index in [9.17, 15) is 4.39 Å². The molecule has 12 heavy (non-hydrogen) atoms. The van der Waals surface area contributed by atoms with E-state index in [4.69, 9.17) is 0 Å². The van der Waals surface area contributed by atoms with Gasteiger partial charge >= 0.3 is 0 Å². The second kappa shape index (κ2) is 10.9. The third kappa shape index (κ3) is 9.93. The van der Waals surface area contributed by atoms with Gasteiger partial charge < -0.3 is 0 Å². The fourth-order valence-electron chi connectivity index (χ4n) is 1.41. The topological polar surface area (TPSA) is 0 Å². The fraction of sp³-hybridized carbons (Fsp3) is 1.00. The van der Waals surface area contributed by atoms with Gasteiger partial charge in [0, 0.05) is 0 Å². The van der Waals surface area contributed by atoms with Crippen molar-refractivity contribution in [3.8, 4) is 0 Å². The molecule has 0 saturated heterocycles. The van der Waals surface area contributed by atoms with Gasteiger partial charge in [-0.15, -0.1) is 0 Å². The van der Waals surface area contributed by atoms with Gasteiger partial charge in [0.15, 0.2) is 0 Å². The molecule has 0 aliphatic rings. The first-order valence-electron chi connectivity index (χ1n) is 5.47. The Morgan fingerprint density at radius 1 is 0.667 bits per heavy atom. The summed E-state index contributed by atoms with van der Waals surface area (Å²) >= 11 is 0. The molecule has 0 bridgehead atoms. The van der Waals surface area contributed by atoms with E-state index in [1.165, 1.54) is 44.9 Å². The molecule has 0 aliphatic heterocycles. The molecule has 0 N–H and O–H groups in total. The highest BCUT2D eigenvalue weighted by molar-refractivity contribution is 4.45. The van der Waals surface area contributed by atoms with Crippen LogP contribution in [0.5, 0.6) is 0 Å². The molecule has 0 radical (unpaired) electrons. The molecule has 0 rings (SSSR count). The standard InChI is InChI=1S/C11H23F/c1-2-3-4-5-6-7-8-9-10-11-12/h2-11H2,1H3. The molecule has 0 unspecified atom stereocenters. The van der Waals surface area contributed by atoms with E-state index in [-0.39, 0.29) is 6.67 Å². The zero-order valence-corrected chi connectivity index (χ0v) is 8.45. The highest BCUT2D eigenvalue weighted by Gasteiger charge is 1.90. The van der Waals surface area contributed by atoms with Gasteiger partial charge in [0.05, 0.1) is 6.67 Å². The smallest absolute Gasteiger partial charge is 0.0894 e. The van der Waals surface area contributed by atoms with Crippen molar-refractivity contribution < 1.29 is 4.39 Å². The van der Waals surface area contributed by atoms with Crippen LogP contribution in [0.3, 0.4) is 0 Å². The van der Waals surface area contributed by atoms with Gasteiger partial charge in [-0.3, -0.25) is 4.39 Å². The molecule has 0 aliphatic carbocycles. The number of unbranched alkanes of at least 4 members (excludes halogenated alkanes) is 8. The van der Waals surface area contributed by atoms with Crippen LogP contribution in [0.4, 0.5) is 4.39 Å². The molecule has 0 fully saturated rings. The molecule has 0 aromatic rings. The zero-order valence-electron chi connectivity index (χ0n) is 8.45. The Kier molecular flexibility index (Phi) is 10.9. The molecular formula is C11H23F. The summed E-state index contributed by atoms with van der Waals surface area (Å²) in [7, 11) is 0. The van der Waals surface area contributed by atoms with E-state index >= 15 is 0 Å². The van der Waals surface area contributed by atoms with E-state index in [0.717, 1.165) is 12.8 Å². The molecule has 0 atom stereocenters. The zero-order chi connectivity index (χ0) is 9.07. The molecule has 0 aromatic carbocycles. The summed E-state index contributed by atoms with van der Waals surface area (Å²) in [6.45, 7) is 2.11. The maximum atomic E-state index is 11.7. The first-order valence-corrected chi connectivity index (χ1v) is 5.47. The summed E-state index contributed by atoms with van der Waals surface area (Å²) < 4.78 is 11.7. The van der Waals surface area contributed by atoms with Gasteiger partial charge in [-0.25, -0.2) is 0 Å². The van der Waals surface area contributed by atoms with Crippen LogP contribution in [-0.2, 0) is 0 Å². The SMILES string of the molecule is CCCCCCCCCCCF. The lowest BCUT2D eigenvalue weighted by atomic mass is 10.1. The maximum absolute atomic E-state index is 11.7. The second-order valence-corrected chi connectivity index (χ2v) is 3.52. The molecule has 0 spiro atoms. The van der Waals surface area contributed by atoms with Crippen molar-refractivity contribution in [3.05, 3.63) is 0 Å². The normalized spacial score (nSPS) is 10.5. The summed E-state index contributed by atoms with van der Waals surface area (Å²) in [5.41, 5.74) is 0. The number of hydrogen-bond donors (Lipinski definition) is 0. The van der Waals surface area contributed by atoms with Crippen LogP contribution in [-0.4, -0.2) is 6.67 Å². The predicted octanol–water partition coefficient (Wildman–Crippen LogP) is 4.49. The van der Waals surface area contributed by atoms with E-state index in [0.29, 0.717) is 0 Å². The number of halogens is 1. The Morgan fingerprint density at radius 2 is 1.08 bits per heavy atom. The first kappa shape index (κ1) is 11.9. The number of alkyl halides is 1. The molecule has 0 nitrogen and oxygen atoms in total. The Hall–Kier alpha value is -0.0700. The van der Waals surface area contributed by atoms with Crippen molar-refractivity contribution in [2.45, 2.75) is 64.7 Å². The quantitative estimate of drug-likeness (QED) is 0.452. The van der Waals surface area contributed by atoms with Crippen molar-refractivity contribution >= 4 is 0 Å². The van der Waals surface area contributed by atoms with Crippen LogP contribution in [0.1, 0.15) is 64.7 Å². The van der Waals surface area contributed by atoms with Gasteiger partial charge in [-0.05, 0) is 6.42 Å². The molecule has 0 heterocycles. The van der Waals surface area contributed by atoms with E-state index in [2.05, 4.69) is 6.92 Å². The third-order valence-electron chi connectivity index (χ3n) is 2.24. The summed E-state index contributed by atoms with van der Waals surface area (Å²) in [4.78, 5) is 0. The van der Waals surface area contributed by atoms with E-state index in [1.54, 1.807) is 0 Å². The van der Waals surface area contributed by atoms with E-state index < -0.39 is 0 Å². The number of rotatable bonds is 9. The highest BCUT2D eigenvalue weighted by atomic mass is 19.1. The van der Waals surface area contributed by atoms with Crippen molar-refractivity contribution in [1.29, 1.82) is 0 Å². The van der Waals surface area contributed by atoms with Crippen LogP contribution < -0.4 is 0 Å². The minimum absolute atomic E-state index is 0.129. The average Bonchev–Trinajstić information content (AvgIpc) is 2.10. The number of hydrogen-bond acceptors (Lipinski definition) is 0. The Labute approximate surface area is 76.6 Å². The van der Waals surface area contributed by atoms with Crippen LogP contribution in [0.25, 0.3) is 0 Å². The third-order valence-corrected chi connectivity index (χ3v) is 2.24. The van der Waals surface area contributed by atoms with Gasteiger partial charge in [0.25, 0.3) is 0 Å². The minimum atomic E-state index is -0.129. The minimum Gasteiger partial charge on any atom is -0.251 e. The highest BCUT2D eigenvalue weighted by Crippen LogP contribution is 2.09. The summed E-state index contributed by atoms with van der Waals surface area (Å²) in [5, 5.41) is 0. The van der Waals surface area contributed by atoms with Gasteiger partial charge in [0.2, 0.25) is 0 Å². The molecule has 0 saturated carbocycles. The van der Waals surface area contributed by atoms with Gasteiger partial charge in [-0.1, -0.05) is 58.3 Å². The maximum Gasteiger partial charge on any atom is 0.0894 e. The van der Waals surface area contributed by atoms with Crippen LogP contribution in [0.15, 0.2) is 0 Å². The molecule has 0 aromatic heterocycles. The Morgan fingerprint density at radius 3 is 1.50 bits per heavy atom. The largest absolute Gasteiger partial charge is 0.251 e. The monoisotopic (exact) mass is 174 g/mol. The van der Waals surface area contributed by atoms with E-state index in [1.807, 2.05) is 0 Å². The van der Waals surface area contributed by atoms with Crippen LogP contribution in [0, 0.1) is 0 Å². The first-order chi connectivity index (χ1) is 5.91. The van der Waals surface area contributed by atoms with Crippen LogP contribution >= 0.6 is 0 Å². The van der Waals surface area contributed by atoms with Gasteiger partial charge in [0.1, 0.15) is 0 Å². The summed E-state index contributed by atoms with van der Waals surface area (Å²) in [6.07, 6.45) is 11.2. The molecular weight excluding hydrogens is 151 g/mol. The Bertz CT molecular complexity index is 61.4. The lowest BCUT2D eigenvalue weighted by Gasteiger charge is -1.99. The van der Waals surface area contributed by atoms with Gasteiger partial charge in [-0.2, -0.15) is 0 Å². The van der Waals surface area contributed by atoms with Crippen molar-refractivity contribution in [3.63, 3.8) is 0 Å². The van der Waals surface area contributed by atoms with Crippen molar-refractivity contribution in [2.75, 3.05) is 6.67 Å². The second-order valence-electron chi connectivity index (χ2n) is 3.52. The Balaban J connectivity index is 2.73. The fourth-order valence-corrected chi connectivity index (χ4v) is 1.41. The lowest BCUT2D eigenvalue weighted by molar-refractivity contribution is 0.449. The van der Waals surface area contributed by atoms with Crippen molar-refractivity contribution in [2.24, 2.45) is 0 Å². The van der Waals surface area contributed by atoms with Crippen molar-refractivity contribution in [1.82, 2.24) is 0 Å². The molecule has 0 amide bonds.